The molecule has 2 nitrogen and oxygen atoms in total. The number of nitrogens with one attached hydrogen (secondary N) is 1. The summed E-state index contributed by atoms with van der Waals surface area (Å²) in [7, 11) is 1.74. The fraction of sp³-hybridized carbons (Fsp3) is 0.667. The number of hydrogen-bond donors (Lipinski definition) is 1. The topological polar surface area (TPSA) is 21.3 Å². The summed E-state index contributed by atoms with van der Waals surface area (Å²) in [5.41, 5.74) is 0. The maximum absolute atomic E-state index is 4.99. The normalized spacial score (nSPS) is 12.9. The van der Waals surface area contributed by atoms with Gasteiger partial charge in [0.1, 0.15) is 0 Å². The van der Waals surface area contributed by atoms with Gasteiger partial charge in [-0.1, -0.05) is 6.92 Å². The molecule has 1 N–H and O–H groups in total. The van der Waals surface area contributed by atoms with Crippen LogP contribution in [0, 0.1) is 5.92 Å². The van der Waals surface area contributed by atoms with E-state index < -0.39 is 0 Å². The molecule has 1 unspecified atom stereocenters. The van der Waals surface area contributed by atoms with Crippen molar-refractivity contribution in [3.63, 3.8) is 0 Å². The lowest BCUT2D eigenvalue weighted by molar-refractivity contribution is 0.198. The van der Waals surface area contributed by atoms with Crippen molar-refractivity contribution in [1.82, 2.24) is 5.32 Å². The molecular formula is C12H20BrNOS. The van der Waals surface area contributed by atoms with Gasteiger partial charge in [-0.2, -0.15) is 0 Å². The van der Waals surface area contributed by atoms with Crippen molar-refractivity contribution in [2.24, 2.45) is 5.92 Å². The quantitative estimate of drug-likeness (QED) is 0.744. The van der Waals surface area contributed by atoms with E-state index in [2.05, 4.69) is 40.3 Å². The molecule has 1 rings (SSSR count). The summed E-state index contributed by atoms with van der Waals surface area (Å²) in [6.45, 7) is 5.12. The first kappa shape index (κ1) is 14.2. The van der Waals surface area contributed by atoms with Gasteiger partial charge in [-0.3, -0.25) is 0 Å². The van der Waals surface area contributed by atoms with Crippen LogP contribution in [-0.2, 0) is 11.2 Å². The highest BCUT2D eigenvalue weighted by atomic mass is 79.9. The zero-order chi connectivity index (χ0) is 11.8. The Morgan fingerprint density at radius 2 is 2.31 bits per heavy atom. The molecule has 0 saturated carbocycles. The first-order valence-electron chi connectivity index (χ1n) is 5.66. The molecule has 0 aliphatic rings. The standard InChI is InChI=1S/C12H20BrNOS/c1-10(9-14-7-8-15-2)3-4-11-5-6-12(13)16-11/h5-6,10,14H,3-4,7-9H2,1-2H3. The van der Waals surface area contributed by atoms with E-state index in [4.69, 9.17) is 4.74 Å². The van der Waals surface area contributed by atoms with Crippen LogP contribution >= 0.6 is 27.3 Å². The van der Waals surface area contributed by atoms with Gasteiger partial charge in [-0.25, -0.2) is 0 Å². The second kappa shape index (κ2) is 8.23. The van der Waals surface area contributed by atoms with E-state index in [-0.39, 0.29) is 0 Å². The zero-order valence-corrected chi connectivity index (χ0v) is 12.4. The van der Waals surface area contributed by atoms with Gasteiger partial charge < -0.3 is 10.1 Å². The first-order valence-corrected chi connectivity index (χ1v) is 7.27. The molecule has 0 aliphatic carbocycles. The minimum absolute atomic E-state index is 0.720. The molecule has 1 aromatic rings. The van der Waals surface area contributed by atoms with Gasteiger partial charge in [0.05, 0.1) is 10.4 Å². The molecule has 16 heavy (non-hydrogen) atoms. The predicted octanol–water partition coefficient (Wildman–Crippen LogP) is 3.32. The van der Waals surface area contributed by atoms with E-state index in [9.17, 15) is 0 Å². The third kappa shape index (κ3) is 5.99. The molecule has 0 bridgehead atoms. The van der Waals surface area contributed by atoms with Crippen molar-refractivity contribution in [1.29, 1.82) is 0 Å². The number of ether oxygens (including phenoxy) is 1. The molecule has 1 heterocycles. The molecule has 0 radical (unpaired) electrons. The summed E-state index contributed by atoms with van der Waals surface area (Å²) in [6.07, 6.45) is 2.43. The van der Waals surface area contributed by atoms with E-state index in [0.29, 0.717) is 0 Å². The molecule has 0 aromatic carbocycles. The van der Waals surface area contributed by atoms with Crippen LogP contribution in [0.1, 0.15) is 18.2 Å². The van der Waals surface area contributed by atoms with Crippen LogP contribution < -0.4 is 5.32 Å². The van der Waals surface area contributed by atoms with E-state index in [1.165, 1.54) is 21.5 Å². The van der Waals surface area contributed by atoms with Gasteiger partial charge in [-0.15, -0.1) is 11.3 Å². The summed E-state index contributed by atoms with van der Waals surface area (Å²) >= 11 is 5.33. The summed E-state index contributed by atoms with van der Waals surface area (Å²) < 4.78 is 6.22. The van der Waals surface area contributed by atoms with Gasteiger partial charge in [0, 0.05) is 18.5 Å². The van der Waals surface area contributed by atoms with Gasteiger partial charge in [0.2, 0.25) is 0 Å². The molecule has 0 saturated heterocycles. The number of thiophene rings is 1. The molecular weight excluding hydrogens is 286 g/mol. The number of halogens is 1. The first-order chi connectivity index (χ1) is 7.72. The van der Waals surface area contributed by atoms with Crippen LogP contribution in [0.4, 0.5) is 0 Å². The Morgan fingerprint density at radius 1 is 1.50 bits per heavy atom. The monoisotopic (exact) mass is 305 g/mol. The fourth-order valence-electron chi connectivity index (χ4n) is 1.50. The van der Waals surface area contributed by atoms with E-state index in [0.717, 1.165) is 25.6 Å². The van der Waals surface area contributed by atoms with Crippen molar-refractivity contribution >= 4 is 27.3 Å². The average Bonchev–Trinajstić information content (AvgIpc) is 2.68. The van der Waals surface area contributed by atoms with Crippen molar-refractivity contribution in [3.8, 4) is 0 Å². The highest BCUT2D eigenvalue weighted by molar-refractivity contribution is 9.11. The Labute approximate surface area is 111 Å². The smallest absolute Gasteiger partial charge is 0.0701 e. The summed E-state index contributed by atoms with van der Waals surface area (Å²) in [5.74, 6) is 0.720. The van der Waals surface area contributed by atoms with Crippen LogP contribution in [0.2, 0.25) is 0 Å². The molecule has 1 atom stereocenters. The van der Waals surface area contributed by atoms with Gasteiger partial charge >= 0.3 is 0 Å². The Kier molecular flexibility index (Phi) is 7.28. The summed E-state index contributed by atoms with van der Waals surface area (Å²) in [6, 6.07) is 4.33. The Bertz CT molecular complexity index is 290. The average molecular weight is 306 g/mol. The molecule has 0 spiro atoms. The van der Waals surface area contributed by atoms with Crippen LogP contribution in [-0.4, -0.2) is 26.8 Å². The molecule has 4 heteroatoms. The Hall–Kier alpha value is 0.1000. The van der Waals surface area contributed by atoms with E-state index >= 15 is 0 Å². The lowest BCUT2D eigenvalue weighted by atomic mass is 10.1. The molecule has 0 fully saturated rings. The van der Waals surface area contributed by atoms with E-state index in [1.807, 2.05) is 11.3 Å². The van der Waals surface area contributed by atoms with Crippen molar-refractivity contribution < 1.29 is 4.74 Å². The van der Waals surface area contributed by atoms with Crippen molar-refractivity contribution in [2.45, 2.75) is 19.8 Å². The van der Waals surface area contributed by atoms with Crippen LogP contribution in [0.25, 0.3) is 0 Å². The lowest BCUT2D eigenvalue weighted by Gasteiger charge is -2.11. The van der Waals surface area contributed by atoms with Gasteiger partial charge in [-0.05, 0) is 53.4 Å². The second-order valence-corrected chi connectivity index (χ2v) is 6.59. The highest BCUT2D eigenvalue weighted by Crippen LogP contribution is 2.23. The minimum atomic E-state index is 0.720. The number of rotatable bonds is 8. The number of hydrogen-bond acceptors (Lipinski definition) is 3. The van der Waals surface area contributed by atoms with Crippen molar-refractivity contribution in [3.05, 3.63) is 20.8 Å². The maximum atomic E-state index is 4.99. The SMILES string of the molecule is COCCNCC(C)CCc1ccc(Br)s1. The second-order valence-electron chi connectivity index (χ2n) is 4.05. The Balaban J connectivity index is 2.08. The van der Waals surface area contributed by atoms with Gasteiger partial charge in [0.15, 0.2) is 0 Å². The van der Waals surface area contributed by atoms with E-state index in [1.54, 1.807) is 7.11 Å². The lowest BCUT2D eigenvalue weighted by Crippen LogP contribution is -2.25. The Morgan fingerprint density at radius 3 is 2.94 bits per heavy atom. The third-order valence-corrected chi connectivity index (χ3v) is 4.17. The predicted molar refractivity (Wildman–Crippen MR) is 74.2 cm³/mol. The summed E-state index contributed by atoms with van der Waals surface area (Å²) in [5, 5.41) is 3.40. The minimum Gasteiger partial charge on any atom is -0.383 e. The summed E-state index contributed by atoms with van der Waals surface area (Å²) in [4.78, 5) is 1.47. The highest BCUT2D eigenvalue weighted by Gasteiger charge is 2.04. The largest absolute Gasteiger partial charge is 0.383 e. The van der Waals surface area contributed by atoms with Gasteiger partial charge in [0.25, 0.3) is 0 Å². The molecule has 0 aliphatic heterocycles. The molecule has 92 valence electrons. The number of aryl methyl sites for hydroxylation is 1. The van der Waals surface area contributed by atoms with Crippen LogP contribution in [0.3, 0.4) is 0 Å². The number of methoxy groups -OCH3 is 1. The van der Waals surface area contributed by atoms with Crippen molar-refractivity contribution in [2.75, 3.05) is 26.8 Å². The molecule has 0 amide bonds. The third-order valence-electron chi connectivity index (χ3n) is 2.49. The molecule has 1 aromatic heterocycles. The van der Waals surface area contributed by atoms with Crippen LogP contribution in [0.15, 0.2) is 15.9 Å². The fourth-order valence-corrected chi connectivity index (χ4v) is 3.00. The van der Waals surface area contributed by atoms with Crippen LogP contribution in [0.5, 0.6) is 0 Å². The zero-order valence-electron chi connectivity index (χ0n) is 9.96. The maximum Gasteiger partial charge on any atom is 0.0701 e.